The fourth-order valence-electron chi connectivity index (χ4n) is 4.12. The van der Waals surface area contributed by atoms with E-state index >= 15 is 0 Å². The van der Waals surface area contributed by atoms with E-state index in [2.05, 4.69) is 31.2 Å². The Morgan fingerprint density at radius 1 is 1.08 bits per heavy atom. The molecule has 3 atom stereocenters. The molecule has 2 fully saturated rings. The van der Waals surface area contributed by atoms with E-state index in [4.69, 9.17) is 5.73 Å². The lowest BCUT2D eigenvalue weighted by Crippen LogP contribution is -2.33. The van der Waals surface area contributed by atoms with Crippen molar-refractivity contribution >= 4 is 17.7 Å². The topological polar surface area (TPSA) is 46.3 Å². The normalized spacial score (nSPS) is 25.2. The van der Waals surface area contributed by atoms with Gasteiger partial charge in [0.1, 0.15) is 0 Å². The summed E-state index contributed by atoms with van der Waals surface area (Å²) in [5, 5.41) is 0. The third kappa shape index (κ3) is 3.33. The Balaban J connectivity index is 1.44. The van der Waals surface area contributed by atoms with Gasteiger partial charge in [0.2, 0.25) is 0 Å². The van der Waals surface area contributed by atoms with Gasteiger partial charge in [-0.1, -0.05) is 30.0 Å². The molecule has 2 N–H and O–H groups in total. The van der Waals surface area contributed by atoms with E-state index in [1.165, 1.54) is 16.9 Å². The molecule has 130 valence electrons. The number of hydrogen-bond acceptors (Lipinski definition) is 3. The van der Waals surface area contributed by atoms with Crippen LogP contribution in [0, 0.1) is 18.8 Å². The van der Waals surface area contributed by atoms with Crippen LogP contribution < -0.4 is 5.73 Å². The molecule has 4 heteroatoms. The Labute approximate surface area is 153 Å². The second-order valence-electron chi connectivity index (χ2n) is 7.27. The third-order valence-corrected chi connectivity index (χ3v) is 6.81. The van der Waals surface area contributed by atoms with Crippen LogP contribution in [0.5, 0.6) is 0 Å². The number of likely N-dealkylation sites (tertiary alicyclic amines) is 1. The fourth-order valence-corrected chi connectivity index (χ4v) is 5.02. The summed E-state index contributed by atoms with van der Waals surface area (Å²) in [6, 6.07) is 16.6. The average molecular weight is 353 g/mol. The predicted molar refractivity (Wildman–Crippen MR) is 102 cm³/mol. The number of fused-ring (bicyclic) bond motifs is 1. The number of carbonyl (C=O) groups excluding carboxylic acids is 1. The minimum Gasteiger partial charge on any atom is -0.338 e. The van der Waals surface area contributed by atoms with E-state index < -0.39 is 0 Å². The Kier molecular flexibility index (Phi) is 4.57. The van der Waals surface area contributed by atoms with Crippen molar-refractivity contribution in [3.63, 3.8) is 0 Å². The van der Waals surface area contributed by atoms with Crippen molar-refractivity contribution in [2.24, 2.45) is 17.6 Å². The number of hydrogen-bond donors (Lipinski definition) is 1. The molecular weight excluding hydrogens is 328 g/mol. The van der Waals surface area contributed by atoms with Gasteiger partial charge in [0.25, 0.3) is 5.91 Å². The van der Waals surface area contributed by atoms with E-state index in [9.17, 15) is 4.79 Å². The summed E-state index contributed by atoms with van der Waals surface area (Å²) in [6.45, 7) is 3.82. The molecule has 1 aliphatic heterocycles. The fraction of sp³-hybridized carbons (Fsp3) is 0.381. The van der Waals surface area contributed by atoms with E-state index in [0.717, 1.165) is 30.0 Å². The van der Waals surface area contributed by atoms with Gasteiger partial charge in [0.15, 0.2) is 0 Å². The Morgan fingerprint density at radius 2 is 1.84 bits per heavy atom. The molecule has 0 radical (unpaired) electrons. The smallest absolute Gasteiger partial charge is 0.253 e. The molecule has 25 heavy (non-hydrogen) atoms. The van der Waals surface area contributed by atoms with Gasteiger partial charge in [0, 0.05) is 34.5 Å². The molecule has 1 aliphatic carbocycles. The summed E-state index contributed by atoms with van der Waals surface area (Å²) >= 11 is 1.74. The van der Waals surface area contributed by atoms with E-state index in [1.807, 2.05) is 29.2 Å². The maximum Gasteiger partial charge on any atom is 0.253 e. The summed E-state index contributed by atoms with van der Waals surface area (Å²) in [4.78, 5) is 17.2. The molecule has 4 rings (SSSR count). The SMILES string of the molecule is Cc1ccccc1Sc1ccc(C(=O)N2CC3CCC(N)C3C2)cc1. The molecule has 0 spiro atoms. The van der Waals surface area contributed by atoms with Gasteiger partial charge in [-0.05, 0) is 67.5 Å². The van der Waals surface area contributed by atoms with Crippen LogP contribution >= 0.6 is 11.8 Å². The van der Waals surface area contributed by atoms with Crippen LogP contribution in [0.25, 0.3) is 0 Å². The molecule has 1 saturated carbocycles. The number of benzene rings is 2. The molecule has 3 unspecified atom stereocenters. The van der Waals surface area contributed by atoms with Crippen LogP contribution in [-0.4, -0.2) is 29.9 Å². The molecule has 1 saturated heterocycles. The first-order valence-corrected chi connectivity index (χ1v) is 9.82. The van der Waals surface area contributed by atoms with Gasteiger partial charge < -0.3 is 10.6 Å². The number of rotatable bonds is 3. The standard InChI is InChI=1S/C21H24N2OS/c1-14-4-2-3-5-20(14)25-17-9-6-15(7-10-17)21(24)23-12-16-8-11-19(22)18(16)13-23/h2-7,9-10,16,18-19H,8,11-13,22H2,1H3. The van der Waals surface area contributed by atoms with Crippen LogP contribution in [-0.2, 0) is 0 Å². The average Bonchev–Trinajstić information content (AvgIpc) is 3.19. The number of amides is 1. The minimum atomic E-state index is 0.147. The second-order valence-corrected chi connectivity index (χ2v) is 8.38. The number of aryl methyl sites for hydroxylation is 1. The number of nitrogens with zero attached hydrogens (tertiary/aromatic N) is 1. The Hall–Kier alpha value is -1.78. The minimum absolute atomic E-state index is 0.147. The molecule has 2 aromatic rings. The number of nitrogens with two attached hydrogens (primary N) is 1. The highest BCUT2D eigenvalue weighted by Gasteiger charge is 2.42. The van der Waals surface area contributed by atoms with E-state index in [1.54, 1.807) is 11.8 Å². The van der Waals surface area contributed by atoms with Gasteiger partial charge in [-0.25, -0.2) is 0 Å². The highest BCUT2D eigenvalue weighted by molar-refractivity contribution is 7.99. The lowest BCUT2D eigenvalue weighted by molar-refractivity contribution is 0.0779. The molecular formula is C21H24N2OS. The third-order valence-electron chi connectivity index (χ3n) is 5.62. The van der Waals surface area contributed by atoms with E-state index in [-0.39, 0.29) is 11.9 Å². The molecule has 2 aromatic carbocycles. The highest BCUT2D eigenvalue weighted by Crippen LogP contribution is 2.37. The van der Waals surface area contributed by atoms with Gasteiger partial charge in [0.05, 0.1) is 0 Å². The van der Waals surface area contributed by atoms with Crippen molar-refractivity contribution in [3.8, 4) is 0 Å². The Morgan fingerprint density at radius 3 is 2.56 bits per heavy atom. The maximum atomic E-state index is 12.8. The summed E-state index contributed by atoms with van der Waals surface area (Å²) in [7, 11) is 0. The Bertz CT molecular complexity index is 774. The second kappa shape index (κ2) is 6.85. The van der Waals surface area contributed by atoms with E-state index in [0.29, 0.717) is 11.8 Å². The lowest BCUT2D eigenvalue weighted by atomic mass is 9.98. The largest absolute Gasteiger partial charge is 0.338 e. The van der Waals surface area contributed by atoms with Gasteiger partial charge in [-0.15, -0.1) is 0 Å². The maximum absolute atomic E-state index is 12.8. The summed E-state index contributed by atoms with van der Waals surface area (Å²) in [5.74, 6) is 1.25. The molecule has 1 amide bonds. The lowest BCUT2D eigenvalue weighted by Gasteiger charge is -2.19. The van der Waals surface area contributed by atoms with Crippen molar-refractivity contribution in [2.75, 3.05) is 13.1 Å². The van der Waals surface area contributed by atoms with Gasteiger partial charge in [-0.2, -0.15) is 0 Å². The monoisotopic (exact) mass is 352 g/mol. The zero-order chi connectivity index (χ0) is 17.4. The van der Waals surface area contributed by atoms with Crippen molar-refractivity contribution in [2.45, 2.75) is 35.6 Å². The number of carbonyl (C=O) groups is 1. The van der Waals surface area contributed by atoms with Crippen LogP contribution in [0.2, 0.25) is 0 Å². The molecule has 3 nitrogen and oxygen atoms in total. The van der Waals surface area contributed by atoms with Crippen molar-refractivity contribution < 1.29 is 4.79 Å². The predicted octanol–water partition coefficient (Wildman–Crippen LogP) is 3.96. The van der Waals surface area contributed by atoms with Gasteiger partial charge in [-0.3, -0.25) is 4.79 Å². The summed E-state index contributed by atoms with van der Waals surface area (Å²) in [5.41, 5.74) is 8.24. The van der Waals surface area contributed by atoms with Crippen LogP contribution in [0.4, 0.5) is 0 Å². The van der Waals surface area contributed by atoms with Crippen molar-refractivity contribution in [3.05, 3.63) is 59.7 Å². The van der Waals surface area contributed by atoms with Crippen LogP contribution in [0.15, 0.2) is 58.3 Å². The summed E-state index contributed by atoms with van der Waals surface area (Å²) in [6.07, 6.45) is 2.28. The first-order chi connectivity index (χ1) is 12.1. The highest BCUT2D eigenvalue weighted by atomic mass is 32.2. The van der Waals surface area contributed by atoms with Crippen molar-refractivity contribution in [1.29, 1.82) is 0 Å². The molecule has 0 aromatic heterocycles. The van der Waals surface area contributed by atoms with Crippen LogP contribution in [0.3, 0.4) is 0 Å². The molecule has 1 heterocycles. The van der Waals surface area contributed by atoms with Gasteiger partial charge >= 0.3 is 0 Å². The van der Waals surface area contributed by atoms with Crippen LogP contribution in [0.1, 0.15) is 28.8 Å². The zero-order valence-electron chi connectivity index (χ0n) is 14.5. The first kappa shape index (κ1) is 16.7. The van der Waals surface area contributed by atoms with Crippen molar-refractivity contribution in [1.82, 2.24) is 4.90 Å². The molecule has 0 bridgehead atoms. The summed E-state index contributed by atoms with van der Waals surface area (Å²) < 4.78 is 0. The first-order valence-electron chi connectivity index (χ1n) is 9.00. The quantitative estimate of drug-likeness (QED) is 0.910. The molecule has 2 aliphatic rings. The zero-order valence-corrected chi connectivity index (χ0v) is 15.3.